The summed E-state index contributed by atoms with van der Waals surface area (Å²) in [6.07, 6.45) is 24.4. The second-order valence-corrected chi connectivity index (χ2v) is 14.6. The average molecular weight is 573 g/mol. The van der Waals surface area contributed by atoms with Crippen molar-refractivity contribution in [3.63, 3.8) is 0 Å². The lowest BCUT2D eigenvalue weighted by atomic mass is 9.77. The van der Waals surface area contributed by atoms with Gasteiger partial charge < -0.3 is 4.90 Å². The maximum Gasteiger partial charge on any atom is 0.132 e. The number of piperidine rings is 1. The fourth-order valence-electron chi connectivity index (χ4n) is 9.05. The Bertz CT molecular complexity index is 1210. The van der Waals surface area contributed by atoms with E-state index in [1.165, 1.54) is 80.5 Å². The standard InChI is InChI=1S/C37H53FN4/c1-5-36(3)23-28(13-16-34(36)38)10-6-9-27(2)31-14-15-32(35(39-4)41-24-29-11-12-30(21-29)25-41)33(22-31)40-26-37-17-7-19-42(37)20-8-18-37/h6,9-10,13,16,29-31H,4-5,7-8,11-12,14-15,17-26H2,1-3H3/b10-6-,27-9+,35-32+,40-33?. The molecule has 0 aromatic heterocycles. The van der Waals surface area contributed by atoms with Crippen molar-refractivity contribution in [1.29, 1.82) is 0 Å². The monoisotopic (exact) mass is 572 g/mol. The van der Waals surface area contributed by atoms with Gasteiger partial charge in [-0.1, -0.05) is 43.7 Å². The van der Waals surface area contributed by atoms with Crippen LogP contribution in [0.3, 0.4) is 0 Å². The predicted octanol–water partition coefficient (Wildman–Crippen LogP) is 8.60. The number of halogens is 1. The summed E-state index contributed by atoms with van der Waals surface area (Å²) in [6.45, 7) is 16.2. The minimum absolute atomic E-state index is 0.00946. The van der Waals surface area contributed by atoms with Gasteiger partial charge in [-0.3, -0.25) is 9.89 Å². The van der Waals surface area contributed by atoms with E-state index in [2.05, 4.69) is 48.6 Å². The molecule has 3 heterocycles. The summed E-state index contributed by atoms with van der Waals surface area (Å²) in [5, 5.41) is 0. The molecule has 4 unspecified atom stereocenters. The number of allylic oxidation sites excluding steroid dienone is 9. The number of aliphatic imine (C=N–C) groups is 2. The third-order valence-corrected chi connectivity index (χ3v) is 11.9. The maximum atomic E-state index is 14.4. The molecular formula is C37H53FN4. The van der Waals surface area contributed by atoms with E-state index in [-0.39, 0.29) is 11.2 Å². The molecule has 42 heavy (non-hydrogen) atoms. The molecule has 0 spiro atoms. The van der Waals surface area contributed by atoms with Gasteiger partial charge in [-0.15, -0.1) is 0 Å². The Hall–Kier alpha value is -2.27. The minimum atomic E-state index is -0.372. The van der Waals surface area contributed by atoms with Gasteiger partial charge in [0.2, 0.25) is 0 Å². The van der Waals surface area contributed by atoms with Gasteiger partial charge in [0, 0.05) is 35.3 Å². The van der Waals surface area contributed by atoms with Crippen molar-refractivity contribution in [2.45, 2.75) is 103 Å². The average Bonchev–Trinajstić information content (AvgIpc) is 3.68. The first-order chi connectivity index (χ1) is 20.3. The zero-order valence-corrected chi connectivity index (χ0v) is 26.5. The topological polar surface area (TPSA) is 31.2 Å². The lowest BCUT2D eigenvalue weighted by Gasteiger charge is -2.37. The van der Waals surface area contributed by atoms with Crippen LogP contribution in [0.15, 0.2) is 68.7 Å². The molecule has 3 aliphatic heterocycles. The van der Waals surface area contributed by atoms with Crippen LogP contribution in [0, 0.1) is 23.2 Å². The number of fused-ring (bicyclic) bond motifs is 3. The summed E-state index contributed by atoms with van der Waals surface area (Å²) in [5.41, 5.74) is 5.22. The molecule has 228 valence electrons. The van der Waals surface area contributed by atoms with Crippen LogP contribution in [0.5, 0.6) is 0 Å². The molecule has 6 aliphatic rings. The van der Waals surface area contributed by atoms with E-state index < -0.39 is 0 Å². The molecule has 4 nitrogen and oxygen atoms in total. The van der Waals surface area contributed by atoms with Crippen molar-refractivity contribution in [3.05, 3.63) is 58.7 Å². The van der Waals surface area contributed by atoms with Gasteiger partial charge >= 0.3 is 0 Å². The van der Waals surface area contributed by atoms with E-state index in [1.54, 1.807) is 6.08 Å². The molecule has 0 aromatic carbocycles. The van der Waals surface area contributed by atoms with E-state index in [0.29, 0.717) is 11.5 Å². The van der Waals surface area contributed by atoms with Gasteiger partial charge in [-0.2, -0.15) is 0 Å². The van der Waals surface area contributed by atoms with Crippen molar-refractivity contribution in [2.75, 3.05) is 32.7 Å². The lowest BCUT2D eigenvalue weighted by molar-refractivity contribution is 0.204. The zero-order chi connectivity index (χ0) is 29.3. The van der Waals surface area contributed by atoms with E-state index in [1.807, 2.05) is 13.0 Å². The van der Waals surface area contributed by atoms with Crippen LogP contribution in [0.2, 0.25) is 0 Å². The molecule has 0 N–H and O–H groups in total. The molecule has 3 aliphatic carbocycles. The Morgan fingerprint density at radius 2 is 1.86 bits per heavy atom. The van der Waals surface area contributed by atoms with Crippen LogP contribution in [0.4, 0.5) is 4.39 Å². The van der Waals surface area contributed by atoms with Gasteiger partial charge in [-0.25, -0.2) is 9.38 Å². The van der Waals surface area contributed by atoms with Gasteiger partial charge in [0.25, 0.3) is 0 Å². The molecule has 0 aromatic rings. The molecule has 2 bridgehead atoms. The summed E-state index contributed by atoms with van der Waals surface area (Å²) < 4.78 is 14.4. The van der Waals surface area contributed by atoms with E-state index in [4.69, 9.17) is 9.98 Å². The third-order valence-electron chi connectivity index (χ3n) is 11.9. The number of hydrogen-bond donors (Lipinski definition) is 0. The van der Waals surface area contributed by atoms with E-state index in [9.17, 15) is 4.39 Å². The van der Waals surface area contributed by atoms with Crippen molar-refractivity contribution in [2.24, 2.45) is 33.2 Å². The van der Waals surface area contributed by atoms with Gasteiger partial charge in [0.15, 0.2) is 0 Å². The molecular weight excluding hydrogens is 519 g/mol. The van der Waals surface area contributed by atoms with Crippen LogP contribution >= 0.6 is 0 Å². The summed E-state index contributed by atoms with van der Waals surface area (Å²) in [5.74, 6) is 3.28. The highest BCUT2D eigenvalue weighted by Gasteiger charge is 2.44. The Labute approximate surface area is 254 Å². The van der Waals surface area contributed by atoms with E-state index >= 15 is 0 Å². The van der Waals surface area contributed by atoms with Crippen molar-refractivity contribution >= 4 is 12.4 Å². The predicted molar refractivity (Wildman–Crippen MR) is 175 cm³/mol. The maximum absolute atomic E-state index is 14.4. The first-order valence-electron chi connectivity index (χ1n) is 17.0. The molecule has 0 amide bonds. The Balaban J connectivity index is 1.23. The lowest BCUT2D eigenvalue weighted by Crippen LogP contribution is -2.41. The largest absolute Gasteiger partial charge is 0.356 e. The highest BCUT2D eigenvalue weighted by atomic mass is 19.1. The second-order valence-electron chi connectivity index (χ2n) is 14.6. The smallest absolute Gasteiger partial charge is 0.132 e. The zero-order valence-electron chi connectivity index (χ0n) is 26.5. The van der Waals surface area contributed by atoms with Crippen molar-refractivity contribution in [3.8, 4) is 0 Å². The molecule has 6 rings (SSSR count). The first-order valence-corrected chi connectivity index (χ1v) is 17.0. The van der Waals surface area contributed by atoms with Gasteiger partial charge in [0.05, 0.1) is 6.54 Å². The normalized spacial score (nSPS) is 35.5. The minimum Gasteiger partial charge on any atom is -0.356 e. The molecule has 5 fully saturated rings. The number of likely N-dealkylation sites (tertiary alicyclic amines) is 1. The summed E-state index contributed by atoms with van der Waals surface area (Å²) in [4.78, 5) is 15.6. The summed E-state index contributed by atoms with van der Waals surface area (Å²) in [7, 11) is 0. The Morgan fingerprint density at radius 3 is 2.55 bits per heavy atom. The summed E-state index contributed by atoms with van der Waals surface area (Å²) in [6, 6.07) is 0. The third kappa shape index (κ3) is 5.92. The molecule has 5 heteroatoms. The number of nitrogens with zero attached hydrogens (tertiary/aromatic N) is 4. The van der Waals surface area contributed by atoms with Crippen molar-refractivity contribution in [1.82, 2.24) is 9.80 Å². The SMILES string of the molecule is C=N/C(=C1/CCC(/C(C)=C/C=C\C2=CC=C(F)C(C)(CC)C2)CC1=NCC12CCCN1CCC2)N1CC2CCC(C2)C1. The number of rotatable bonds is 8. The Kier molecular flexibility index (Phi) is 8.78. The van der Waals surface area contributed by atoms with Crippen LogP contribution in [-0.2, 0) is 0 Å². The summed E-state index contributed by atoms with van der Waals surface area (Å²) >= 11 is 0. The van der Waals surface area contributed by atoms with Crippen LogP contribution in [0.1, 0.15) is 97.8 Å². The molecule has 0 radical (unpaired) electrons. The molecule has 4 atom stereocenters. The van der Waals surface area contributed by atoms with Crippen LogP contribution < -0.4 is 0 Å². The van der Waals surface area contributed by atoms with Crippen molar-refractivity contribution < 1.29 is 4.39 Å². The highest BCUT2D eigenvalue weighted by Crippen LogP contribution is 2.43. The number of hydrogen-bond acceptors (Lipinski definition) is 4. The van der Waals surface area contributed by atoms with Gasteiger partial charge in [-0.05, 0) is 133 Å². The second kappa shape index (κ2) is 12.4. The first kappa shape index (κ1) is 29.8. The van der Waals surface area contributed by atoms with E-state index in [0.717, 1.165) is 69.4 Å². The fraction of sp³-hybridized carbons (Fsp3) is 0.676. The van der Waals surface area contributed by atoms with Gasteiger partial charge in [0.1, 0.15) is 11.6 Å². The highest BCUT2D eigenvalue weighted by molar-refractivity contribution is 6.02. The van der Waals surface area contributed by atoms with Crippen LogP contribution in [0.25, 0.3) is 0 Å². The fourth-order valence-corrected chi connectivity index (χ4v) is 9.05. The quantitative estimate of drug-likeness (QED) is 0.215. The molecule has 2 saturated carbocycles. The van der Waals surface area contributed by atoms with Crippen LogP contribution in [-0.4, -0.2) is 60.5 Å². The molecule has 3 saturated heterocycles. The Morgan fingerprint density at radius 1 is 1.12 bits per heavy atom.